The first-order valence-corrected chi connectivity index (χ1v) is 12.1. The van der Waals surface area contributed by atoms with Gasteiger partial charge in [0.2, 0.25) is 0 Å². The molecule has 6 rings (SSSR count). The second-order valence-corrected chi connectivity index (χ2v) is 8.96. The molecule has 0 aliphatic carbocycles. The van der Waals surface area contributed by atoms with Crippen molar-refractivity contribution in [3.05, 3.63) is 132 Å². The van der Waals surface area contributed by atoms with Gasteiger partial charge in [-0.15, -0.1) is 0 Å². The first-order chi connectivity index (χ1) is 18.2. The van der Waals surface area contributed by atoms with Crippen molar-refractivity contribution in [3.63, 3.8) is 0 Å². The second-order valence-electron chi connectivity index (χ2n) is 8.96. The van der Waals surface area contributed by atoms with Crippen LogP contribution >= 0.6 is 0 Å². The summed E-state index contributed by atoms with van der Waals surface area (Å²) in [6, 6.07) is 38.4. The number of aryl methyl sites for hydroxylation is 1. The van der Waals surface area contributed by atoms with E-state index in [2.05, 4.69) is 46.9 Å². The standard InChI is InChI=1S/C32H24N4O/c1-22-16-18-26(19-17-22)36-31(29-15-7-11-24-9-3-5-14-28(24)29)20-30(35-36)32(37)34-33-21-25-12-6-10-23-8-2-4-13-27(23)25/h2-21H,1H3,(H,34,37)/b33-21-. The number of benzene rings is 5. The third kappa shape index (κ3) is 4.39. The van der Waals surface area contributed by atoms with E-state index in [0.717, 1.165) is 49.6 Å². The Morgan fingerprint density at radius 3 is 2.22 bits per heavy atom. The third-order valence-electron chi connectivity index (χ3n) is 6.48. The van der Waals surface area contributed by atoms with Gasteiger partial charge in [0.05, 0.1) is 17.6 Å². The lowest BCUT2D eigenvalue weighted by atomic mass is 10.0. The molecule has 1 aromatic heterocycles. The van der Waals surface area contributed by atoms with Gasteiger partial charge in [-0.05, 0) is 46.7 Å². The number of rotatable bonds is 5. The quantitative estimate of drug-likeness (QED) is 0.215. The fourth-order valence-corrected chi connectivity index (χ4v) is 4.60. The van der Waals surface area contributed by atoms with Crippen molar-refractivity contribution in [1.82, 2.24) is 15.2 Å². The molecule has 1 heterocycles. The second kappa shape index (κ2) is 9.55. The average Bonchev–Trinajstić information content (AvgIpc) is 3.39. The zero-order valence-electron chi connectivity index (χ0n) is 20.3. The van der Waals surface area contributed by atoms with Crippen LogP contribution in [0.2, 0.25) is 0 Å². The summed E-state index contributed by atoms with van der Waals surface area (Å²) in [7, 11) is 0. The molecule has 0 aliphatic rings. The molecule has 0 saturated heterocycles. The van der Waals surface area contributed by atoms with Crippen LogP contribution in [0.4, 0.5) is 0 Å². The molecule has 5 nitrogen and oxygen atoms in total. The summed E-state index contributed by atoms with van der Waals surface area (Å²) in [6.07, 6.45) is 1.67. The van der Waals surface area contributed by atoms with Crippen LogP contribution in [0.1, 0.15) is 21.6 Å². The van der Waals surface area contributed by atoms with E-state index < -0.39 is 0 Å². The van der Waals surface area contributed by atoms with Crippen LogP contribution in [-0.4, -0.2) is 21.9 Å². The Bertz CT molecular complexity index is 1770. The molecule has 0 bridgehead atoms. The van der Waals surface area contributed by atoms with Crippen molar-refractivity contribution in [2.45, 2.75) is 6.92 Å². The zero-order chi connectivity index (χ0) is 25.2. The van der Waals surface area contributed by atoms with Crippen LogP contribution in [0, 0.1) is 6.92 Å². The molecule has 1 amide bonds. The fraction of sp³-hybridized carbons (Fsp3) is 0.0312. The molecule has 0 unspecified atom stereocenters. The number of aromatic nitrogens is 2. The summed E-state index contributed by atoms with van der Waals surface area (Å²) in [6.45, 7) is 2.05. The molecule has 0 atom stereocenters. The monoisotopic (exact) mass is 480 g/mol. The van der Waals surface area contributed by atoms with Crippen LogP contribution < -0.4 is 5.43 Å². The number of fused-ring (bicyclic) bond motifs is 2. The maximum atomic E-state index is 13.1. The molecule has 0 fully saturated rings. The molecule has 0 saturated carbocycles. The van der Waals surface area contributed by atoms with Gasteiger partial charge in [0.15, 0.2) is 5.69 Å². The van der Waals surface area contributed by atoms with Crippen LogP contribution in [0.5, 0.6) is 0 Å². The summed E-state index contributed by atoms with van der Waals surface area (Å²) < 4.78 is 1.82. The Labute approximate surface area is 214 Å². The van der Waals surface area contributed by atoms with E-state index in [1.165, 1.54) is 0 Å². The van der Waals surface area contributed by atoms with Crippen LogP contribution in [0.15, 0.2) is 120 Å². The zero-order valence-corrected chi connectivity index (χ0v) is 20.3. The largest absolute Gasteiger partial charge is 0.291 e. The van der Waals surface area contributed by atoms with Gasteiger partial charge in [-0.2, -0.15) is 10.2 Å². The van der Waals surface area contributed by atoms with E-state index in [0.29, 0.717) is 5.69 Å². The topological polar surface area (TPSA) is 59.3 Å². The van der Waals surface area contributed by atoms with Crippen molar-refractivity contribution in [1.29, 1.82) is 0 Å². The predicted octanol–water partition coefficient (Wildman–Crippen LogP) is 6.92. The van der Waals surface area contributed by atoms with Crippen molar-refractivity contribution >= 4 is 33.7 Å². The molecule has 37 heavy (non-hydrogen) atoms. The van der Waals surface area contributed by atoms with E-state index in [4.69, 9.17) is 5.10 Å². The van der Waals surface area contributed by atoms with Gasteiger partial charge in [-0.1, -0.05) is 103 Å². The highest BCUT2D eigenvalue weighted by Crippen LogP contribution is 2.31. The Morgan fingerprint density at radius 2 is 1.43 bits per heavy atom. The minimum atomic E-state index is -0.371. The lowest BCUT2D eigenvalue weighted by Gasteiger charge is -2.10. The number of hydrogen-bond donors (Lipinski definition) is 1. The van der Waals surface area contributed by atoms with Crippen molar-refractivity contribution < 1.29 is 4.79 Å². The van der Waals surface area contributed by atoms with Crippen LogP contribution in [0.3, 0.4) is 0 Å². The highest BCUT2D eigenvalue weighted by Gasteiger charge is 2.18. The van der Waals surface area contributed by atoms with Gasteiger partial charge in [-0.3, -0.25) is 4.79 Å². The normalized spacial score (nSPS) is 11.4. The number of amides is 1. The number of carbonyl (C=O) groups is 1. The molecule has 5 aromatic carbocycles. The lowest BCUT2D eigenvalue weighted by molar-refractivity contribution is 0.0949. The Hall–Kier alpha value is -5.03. The number of hydrogen-bond acceptors (Lipinski definition) is 3. The van der Waals surface area contributed by atoms with Gasteiger partial charge in [0.1, 0.15) is 0 Å². The summed E-state index contributed by atoms with van der Waals surface area (Å²) in [4.78, 5) is 13.1. The summed E-state index contributed by atoms with van der Waals surface area (Å²) in [5.74, 6) is -0.371. The van der Waals surface area contributed by atoms with E-state index in [-0.39, 0.29) is 5.91 Å². The van der Waals surface area contributed by atoms with Crippen molar-refractivity contribution in [2.75, 3.05) is 0 Å². The molecule has 0 radical (unpaired) electrons. The highest BCUT2D eigenvalue weighted by molar-refractivity contribution is 6.01. The molecule has 0 spiro atoms. The summed E-state index contributed by atoms with van der Waals surface area (Å²) >= 11 is 0. The Morgan fingerprint density at radius 1 is 0.784 bits per heavy atom. The summed E-state index contributed by atoms with van der Waals surface area (Å²) in [5.41, 5.74) is 7.76. The Kier molecular flexibility index (Phi) is 5.79. The van der Waals surface area contributed by atoms with E-state index in [1.807, 2.05) is 90.5 Å². The molecule has 6 aromatic rings. The van der Waals surface area contributed by atoms with Gasteiger partial charge < -0.3 is 0 Å². The molecule has 178 valence electrons. The molecule has 5 heteroatoms. The molecule has 1 N–H and O–H groups in total. The van der Waals surface area contributed by atoms with E-state index >= 15 is 0 Å². The maximum Gasteiger partial charge on any atom is 0.291 e. The predicted molar refractivity (Wildman–Crippen MR) is 150 cm³/mol. The molecular formula is C32H24N4O. The SMILES string of the molecule is Cc1ccc(-n2nc(C(=O)N/N=C\c3cccc4ccccc34)cc2-c2cccc3ccccc23)cc1. The minimum absolute atomic E-state index is 0.290. The van der Waals surface area contributed by atoms with Crippen molar-refractivity contribution in [2.24, 2.45) is 5.10 Å². The van der Waals surface area contributed by atoms with Crippen LogP contribution in [0.25, 0.3) is 38.5 Å². The molecule has 0 aliphatic heterocycles. The molecular weight excluding hydrogens is 456 g/mol. The van der Waals surface area contributed by atoms with Gasteiger partial charge in [-0.25, -0.2) is 10.1 Å². The highest BCUT2D eigenvalue weighted by atomic mass is 16.2. The number of hydrazone groups is 1. The minimum Gasteiger partial charge on any atom is -0.265 e. The van der Waals surface area contributed by atoms with Crippen molar-refractivity contribution in [3.8, 4) is 16.9 Å². The Balaban J connectivity index is 1.37. The lowest BCUT2D eigenvalue weighted by Crippen LogP contribution is -2.18. The van der Waals surface area contributed by atoms with Gasteiger partial charge in [0.25, 0.3) is 5.91 Å². The smallest absolute Gasteiger partial charge is 0.265 e. The van der Waals surface area contributed by atoms with Gasteiger partial charge in [0, 0.05) is 11.1 Å². The summed E-state index contributed by atoms with van der Waals surface area (Å²) in [5, 5.41) is 13.4. The number of nitrogens with one attached hydrogen (secondary N) is 1. The van der Waals surface area contributed by atoms with Gasteiger partial charge >= 0.3 is 0 Å². The number of nitrogens with zero attached hydrogens (tertiary/aromatic N) is 3. The van der Waals surface area contributed by atoms with E-state index in [9.17, 15) is 4.79 Å². The first-order valence-electron chi connectivity index (χ1n) is 12.1. The fourth-order valence-electron chi connectivity index (χ4n) is 4.60. The first kappa shape index (κ1) is 22.4. The average molecular weight is 481 g/mol. The third-order valence-corrected chi connectivity index (χ3v) is 6.48. The number of carbonyl (C=O) groups excluding carboxylic acids is 1. The maximum absolute atomic E-state index is 13.1. The van der Waals surface area contributed by atoms with E-state index in [1.54, 1.807) is 6.21 Å². The van der Waals surface area contributed by atoms with Crippen LogP contribution in [-0.2, 0) is 0 Å².